The summed E-state index contributed by atoms with van der Waals surface area (Å²) in [6, 6.07) is 14.9. The SMILES string of the molecule is CCOc1c(N[C@@H](Cc2ccc(NC(=O)c3ccccc3)cc2)C(=O)OC)c(=O)c1=O. The molecule has 0 heterocycles. The van der Waals surface area contributed by atoms with Gasteiger partial charge < -0.3 is 20.1 Å². The number of nitrogens with one attached hydrogen (secondary N) is 2. The molecular formula is C23H22N2O6. The van der Waals surface area contributed by atoms with Gasteiger partial charge in [-0.25, -0.2) is 4.79 Å². The van der Waals surface area contributed by atoms with E-state index in [0.29, 0.717) is 11.3 Å². The molecule has 0 fully saturated rings. The lowest BCUT2D eigenvalue weighted by atomic mass is 10.0. The Morgan fingerprint density at radius 3 is 2.26 bits per heavy atom. The van der Waals surface area contributed by atoms with Gasteiger partial charge in [-0.2, -0.15) is 0 Å². The highest BCUT2D eigenvalue weighted by Gasteiger charge is 2.28. The van der Waals surface area contributed by atoms with E-state index in [4.69, 9.17) is 9.47 Å². The summed E-state index contributed by atoms with van der Waals surface area (Å²) >= 11 is 0. The zero-order valence-electron chi connectivity index (χ0n) is 17.1. The van der Waals surface area contributed by atoms with Crippen LogP contribution in [0.3, 0.4) is 0 Å². The standard InChI is InChI=1S/C23H22N2O6/c1-3-31-21-18(19(26)20(21)27)25-17(23(29)30-2)13-14-9-11-16(12-10-14)24-22(28)15-7-5-4-6-8-15/h4-12,17,25H,3,13H2,1-2H3,(H,24,28)/t17-/m0/s1. The molecular weight excluding hydrogens is 400 g/mol. The lowest BCUT2D eigenvalue weighted by Crippen LogP contribution is -2.41. The molecule has 1 atom stereocenters. The second kappa shape index (κ2) is 9.71. The Labute approximate surface area is 178 Å². The van der Waals surface area contributed by atoms with Crippen LogP contribution in [-0.4, -0.2) is 31.6 Å². The first-order valence-corrected chi connectivity index (χ1v) is 9.70. The minimum Gasteiger partial charge on any atom is -0.488 e. The molecule has 31 heavy (non-hydrogen) atoms. The first-order chi connectivity index (χ1) is 14.9. The summed E-state index contributed by atoms with van der Waals surface area (Å²) in [6.07, 6.45) is 0.198. The van der Waals surface area contributed by atoms with Crippen LogP contribution in [0, 0.1) is 0 Å². The highest BCUT2D eigenvalue weighted by Crippen LogP contribution is 2.20. The van der Waals surface area contributed by atoms with E-state index in [9.17, 15) is 19.2 Å². The van der Waals surface area contributed by atoms with Gasteiger partial charge in [0.25, 0.3) is 16.8 Å². The van der Waals surface area contributed by atoms with Gasteiger partial charge in [-0.3, -0.25) is 14.4 Å². The summed E-state index contributed by atoms with van der Waals surface area (Å²) < 4.78 is 10.00. The Morgan fingerprint density at radius 1 is 0.968 bits per heavy atom. The maximum Gasteiger partial charge on any atom is 0.328 e. The minimum absolute atomic E-state index is 0.0194. The van der Waals surface area contributed by atoms with Crippen LogP contribution in [0.1, 0.15) is 22.8 Å². The summed E-state index contributed by atoms with van der Waals surface area (Å²) in [7, 11) is 1.24. The molecule has 3 aromatic carbocycles. The maximum atomic E-state index is 12.2. The number of benzene rings is 2. The molecule has 3 aromatic rings. The zero-order chi connectivity index (χ0) is 22.4. The van der Waals surface area contributed by atoms with Gasteiger partial charge in [0, 0.05) is 17.7 Å². The Kier molecular flexibility index (Phi) is 6.81. The molecule has 0 aromatic heterocycles. The van der Waals surface area contributed by atoms with Gasteiger partial charge in [-0.1, -0.05) is 30.3 Å². The second-order valence-corrected chi connectivity index (χ2v) is 6.74. The lowest BCUT2D eigenvalue weighted by molar-refractivity contribution is -0.141. The number of methoxy groups -OCH3 is 1. The number of carbonyl (C=O) groups excluding carboxylic acids is 2. The normalized spacial score (nSPS) is 11.5. The second-order valence-electron chi connectivity index (χ2n) is 6.74. The quantitative estimate of drug-likeness (QED) is 0.401. The topological polar surface area (TPSA) is 111 Å². The van der Waals surface area contributed by atoms with Gasteiger partial charge in [0.2, 0.25) is 0 Å². The van der Waals surface area contributed by atoms with Crippen LogP contribution in [0.4, 0.5) is 11.4 Å². The lowest BCUT2D eigenvalue weighted by Gasteiger charge is -2.20. The molecule has 0 aliphatic carbocycles. The molecule has 0 aliphatic rings. The van der Waals surface area contributed by atoms with E-state index in [0.717, 1.165) is 5.56 Å². The molecule has 8 nitrogen and oxygen atoms in total. The van der Waals surface area contributed by atoms with E-state index in [1.54, 1.807) is 55.5 Å². The van der Waals surface area contributed by atoms with E-state index < -0.39 is 22.9 Å². The Balaban J connectivity index is 1.70. The number of amides is 1. The van der Waals surface area contributed by atoms with Crippen LogP contribution in [0.2, 0.25) is 0 Å². The van der Waals surface area contributed by atoms with Gasteiger partial charge in [0.05, 0.1) is 13.7 Å². The number of ether oxygens (including phenoxy) is 2. The van der Waals surface area contributed by atoms with Crippen LogP contribution in [-0.2, 0) is 16.0 Å². The van der Waals surface area contributed by atoms with Gasteiger partial charge in [0.1, 0.15) is 11.7 Å². The van der Waals surface area contributed by atoms with Crippen LogP contribution in [0.15, 0.2) is 64.2 Å². The number of hydrogen-bond acceptors (Lipinski definition) is 7. The first kappa shape index (κ1) is 21.8. The molecule has 0 radical (unpaired) electrons. The van der Waals surface area contributed by atoms with Crippen molar-refractivity contribution in [2.75, 3.05) is 24.4 Å². The van der Waals surface area contributed by atoms with Crippen molar-refractivity contribution in [3.05, 3.63) is 86.2 Å². The number of esters is 1. The van der Waals surface area contributed by atoms with E-state index in [1.807, 2.05) is 6.07 Å². The van der Waals surface area contributed by atoms with E-state index in [2.05, 4.69) is 10.6 Å². The van der Waals surface area contributed by atoms with Crippen molar-refractivity contribution in [2.45, 2.75) is 19.4 Å². The van der Waals surface area contributed by atoms with Gasteiger partial charge in [-0.15, -0.1) is 0 Å². The molecule has 2 N–H and O–H groups in total. The van der Waals surface area contributed by atoms with Crippen LogP contribution in [0.25, 0.3) is 0 Å². The van der Waals surface area contributed by atoms with Crippen LogP contribution >= 0.6 is 0 Å². The Morgan fingerprint density at radius 2 is 1.65 bits per heavy atom. The molecule has 0 saturated heterocycles. The fraction of sp³-hybridized carbons (Fsp3) is 0.217. The number of anilines is 2. The molecule has 0 aliphatic heterocycles. The monoisotopic (exact) mass is 422 g/mol. The molecule has 3 rings (SSSR count). The third-order valence-corrected chi connectivity index (χ3v) is 4.65. The van der Waals surface area contributed by atoms with Crippen molar-refractivity contribution in [3.8, 4) is 5.75 Å². The van der Waals surface area contributed by atoms with Crippen molar-refractivity contribution < 1.29 is 19.1 Å². The summed E-state index contributed by atoms with van der Waals surface area (Å²) in [4.78, 5) is 48.0. The molecule has 0 spiro atoms. The molecule has 0 saturated carbocycles. The smallest absolute Gasteiger partial charge is 0.328 e. The molecule has 0 bridgehead atoms. The van der Waals surface area contributed by atoms with E-state index in [1.165, 1.54) is 7.11 Å². The summed E-state index contributed by atoms with van der Waals surface area (Å²) in [6.45, 7) is 1.91. The summed E-state index contributed by atoms with van der Waals surface area (Å²) in [5, 5.41) is 5.58. The van der Waals surface area contributed by atoms with Crippen molar-refractivity contribution in [3.63, 3.8) is 0 Å². The average Bonchev–Trinajstić information content (AvgIpc) is 2.81. The van der Waals surface area contributed by atoms with Crippen molar-refractivity contribution >= 4 is 23.3 Å². The highest BCUT2D eigenvalue weighted by atomic mass is 16.5. The van der Waals surface area contributed by atoms with Crippen LogP contribution < -0.4 is 26.2 Å². The third-order valence-electron chi connectivity index (χ3n) is 4.65. The molecule has 160 valence electrons. The Bertz CT molecular complexity index is 1130. The number of carbonyl (C=O) groups is 2. The van der Waals surface area contributed by atoms with Gasteiger partial charge >= 0.3 is 5.97 Å². The maximum absolute atomic E-state index is 12.2. The third kappa shape index (κ3) is 4.98. The minimum atomic E-state index is -0.891. The highest BCUT2D eigenvalue weighted by molar-refractivity contribution is 6.04. The predicted octanol–water partition coefficient (Wildman–Crippen LogP) is 2.13. The zero-order valence-corrected chi connectivity index (χ0v) is 17.1. The molecule has 8 heteroatoms. The summed E-state index contributed by atoms with van der Waals surface area (Å²) in [5.74, 6) is -0.886. The Hall–Kier alpha value is -3.94. The fourth-order valence-corrected chi connectivity index (χ4v) is 3.05. The number of rotatable bonds is 9. The van der Waals surface area contributed by atoms with Crippen LogP contribution in [0.5, 0.6) is 5.75 Å². The predicted molar refractivity (Wildman–Crippen MR) is 116 cm³/mol. The van der Waals surface area contributed by atoms with Crippen molar-refractivity contribution in [1.82, 2.24) is 0 Å². The van der Waals surface area contributed by atoms with Crippen molar-refractivity contribution in [1.29, 1.82) is 0 Å². The van der Waals surface area contributed by atoms with E-state index >= 15 is 0 Å². The molecule has 0 unspecified atom stereocenters. The summed E-state index contributed by atoms with van der Waals surface area (Å²) in [5.41, 5.74) is 0.440. The largest absolute Gasteiger partial charge is 0.488 e. The average molecular weight is 422 g/mol. The first-order valence-electron chi connectivity index (χ1n) is 9.70. The van der Waals surface area contributed by atoms with Crippen molar-refractivity contribution in [2.24, 2.45) is 0 Å². The van der Waals surface area contributed by atoms with E-state index in [-0.39, 0.29) is 30.4 Å². The van der Waals surface area contributed by atoms with Gasteiger partial charge in [0.15, 0.2) is 5.75 Å². The van der Waals surface area contributed by atoms with Gasteiger partial charge in [-0.05, 0) is 36.8 Å². The molecule has 1 amide bonds. The number of hydrogen-bond donors (Lipinski definition) is 2. The fourth-order valence-electron chi connectivity index (χ4n) is 3.05.